The SMILES string of the molecule is CCCNc1cnc(C(=O)NCCCCCOC)cn1. The van der Waals surface area contributed by atoms with Crippen LogP contribution in [0.5, 0.6) is 0 Å². The van der Waals surface area contributed by atoms with Crippen molar-refractivity contribution in [1.29, 1.82) is 0 Å². The summed E-state index contributed by atoms with van der Waals surface area (Å²) in [6.45, 7) is 4.35. The van der Waals surface area contributed by atoms with Gasteiger partial charge >= 0.3 is 0 Å². The second-order valence-electron chi connectivity index (χ2n) is 4.52. The van der Waals surface area contributed by atoms with Crippen LogP contribution in [0.2, 0.25) is 0 Å². The number of carbonyl (C=O) groups is 1. The first-order valence-electron chi connectivity index (χ1n) is 7.11. The molecule has 1 amide bonds. The van der Waals surface area contributed by atoms with Gasteiger partial charge in [0.05, 0.1) is 12.4 Å². The van der Waals surface area contributed by atoms with E-state index in [1.165, 1.54) is 6.20 Å². The number of aromatic nitrogens is 2. The van der Waals surface area contributed by atoms with Gasteiger partial charge in [0.1, 0.15) is 11.5 Å². The molecule has 2 N–H and O–H groups in total. The minimum atomic E-state index is -0.175. The molecule has 0 aliphatic carbocycles. The van der Waals surface area contributed by atoms with E-state index in [4.69, 9.17) is 4.74 Å². The maximum absolute atomic E-state index is 11.8. The highest BCUT2D eigenvalue weighted by Crippen LogP contribution is 2.01. The molecule has 112 valence electrons. The summed E-state index contributed by atoms with van der Waals surface area (Å²) in [6.07, 6.45) is 7.11. The number of hydrogen-bond acceptors (Lipinski definition) is 5. The van der Waals surface area contributed by atoms with E-state index >= 15 is 0 Å². The number of nitrogens with one attached hydrogen (secondary N) is 2. The first-order valence-corrected chi connectivity index (χ1v) is 7.11. The van der Waals surface area contributed by atoms with Gasteiger partial charge in [0.2, 0.25) is 0 Å². The second-order valence-corrected chi connectivity index (χ2v) is 4.52. The summed E-state index contributed by atoms with van der Waals surface area (Å²) >= 11 is 0. The fourth-order valence-corrected chi connectivity index (χ4v) is 1.63. The molecule has 0 saturated heterocycles. The summed E-state index contributed by atoms with van der Waals surface area (Å²) < 4.78 is 4.97. The van der Waals surface area contributed by atoms with E-state index in [0.717, 1.165) is 38.8 Å². The van der Waals surface area contributed by atoms with Crippen molar-refractivity contribution in [1.82, 2.24) is 15.3 Å². The summed E-state index contributed by atoms with van der Waals surface area (Å²) in [5.41, 5.74) is 0.351. The molecule has 6 heteroatoms. The Morgan fingerprint density at radius 1 is 1.20 bits per heavy atom. The first-order chi connectivity index (χ1) is 9.77. The average Bonchev–Trinajstić information content (AvgIpc) is 2.49. The molecule has 0 spiro atoms. The maximum atomic E-state index is 11.8. The molecule has 20 heavy (non-hydrogen) atoms. The molecule has 0 aliphatic heterocycles. The molecule has 0 aromatic carbocycles. The number of rotatable bonds is 10. The molecule has 0 aliphatic rings. The van der Waals surface area contributed by atoms with Gasteiger partial charge < -0.3 is 15.4 Å². The van der Waals surface area contributed by atoms with Crippen LogP contribution < -0.4 is 10.6 Å². The van der Waals surface area contributed by atoms with Gasteiger partial charge in [0.25, 0.3) is 5.91 Å². The van der Waals surface area contributed by atoms with E-state index < -0.39 is 0 Å². The largest absolute Gasteiger partial charge is 0.385 e. The number of nitrogens with zero attached hydrogens (tertiary/aromatic N) is 2. The summed E-state index contributed by atoms with van der Waals surface area (Å²) in [5, 5.41) is 5.95. The summed E-state index contributed by atoms with van der Waals surface area (Å²) in [5.74, 6) is 0.522. The lowest BCUT2D eigenvalue weighted by molar-refractivity contribution is 0.0947. The van der Waals surface area contributed by atoms with Gasteiger partial charge in [-0.25, -0.2) is 9.97 Å². The van der Waals surface area contributed by atoms with Crippen molar-refractivity contribution in [2.24, 2.45) is 0 Å². The van der Waals surface area contributed by atoms with Crippen molar-refractivity contribution in [3.05, 3.63) is 18.1 Å². The Hall–Kier alpha value is -1.69. The quantitative estimate of drug-likeness (QED) is 0.640. The lowest BCUT2D eigenvalue weighted by Gasteiger charge is -2.06. The standard InChI is InChI=1S/C14H24N4O2/c1-3-7-15-13-11-17-12(10-18-13)14(19)16-8-5-4-6-9-20-2/h10-11H,3-9H2,1-2H3,(H,15,18)(H,16,19). The minimum absolute atomic E-state index is 0.175. The minimum Gasteiger partial charge on any atom is -0.385 e. The van der Waals surface area contributed by atoms with Gasteiger partial charge in [-0.05, 0) is 25.7 Å². The van der Waals surface area contributed by atoms with Crippen LogP contribution in [-0.4, -0.2) is 42.7 Å². The van der Waals surface area contributed by atoms with Crippen LogP contribution in [0.25, 0.3) is 0 Å². The Labute approximate surface area is 120 Å². The van der Waals surface area contributed by atoms with E-state index in [0.29, 0.717) is 18.1 Å². The van der Waals surface area contributed by atoms with Crippen LogP contribution in [-0.2, 0) is 4.74 Å². The van der Waals surface area contributed by atoms with Crippen molar-refractivity contribution < 1.29 is 9.53 Å². The van der Waals surface area contributed by atoms with Crippen molar-refractivity contribution in [3.8, 4) is 0 Å². The molecule has 1 rings (SSSR count). The highest BCUT2D eigenvalue weighted by atomic mass is 16.5. The highest BCUT2D eigenvalue weighted by Gasteiger charge is 2.06. The lowest BCUT2D eigenvalue weighted by atomic mass is 10.2. The number of carbonyl (C=O) groups excluding carboxylic acids is 1. The van der Waals surface area contributed by atoms with E-state index in [2.05, 4.69) is 27.5 Å². The number of unbranched alkanes of at least 4 members (excludes halogenated alkanes) is 2. The molecule has 0 radical (unpaired) electrons. The Morgan fingerprint density at radius 2 is 2.05 bits per heavy atom. The van der Waals surface area contributed by atoms with Crippen LogP contribution in [0.3, 0.4) is 0 Å². The fourth-order valence-electron chi connectivity index (χ4n) is 1.63. The summed E-state index contributed by atoms with van der Waals surface area (Å²) in [6, 6.07) is 0. The first kappa shape index (κ1) is 16.4. The molecule has 1 aromatic heterocycles. The molecule has 0 unspecified atom stereocenters. The number of hydrogen-bond donors (Lipinski definition) is 2. The van der Waals surface area contributed by atoms with Crippen LogP contribution >= 0.6 is 0 Å². The zero-order chi connectivity index (χ0) is 14.6. The average molecular weight is 280 g/mol. The Kier molecular flexibility index (Phi) is 8.30. The van der Waals surface area contributed by atoms with Gasteiger partial charge in [-0.2, -0.15) is 0 Å². The molecule has 6 nitrogen and oxygen atoms in total. The van der Waals surface area contributed by atoms with Crippen molar-refractivity contribution in [3.63, 3.8) is 0 Å². The number of methoxy groups -OCH3 is 1. The van der Waals surface area contributed by atoms with E-state index in [1.54, 1.807) is 13.3 Å². The maximum Gasteiger partial charge on any atom is 0.271 e. The topological polar surface area (TPSA) is 76.1 Å². The van der Waals surface area contributed by atoms with Crippen LogP contribution in [0, 0.1) is 0 Å². The Balaban J connectivity index is 2.25. The third-order valence-corrected chi connectivity index (χ3v) is 2.75. The third-order valence-electron chi connectivity index (χ3n) is 2.75. The zero-order valence-corrected chi connectivity index (χ0v) is 12.3. The molecular formula is C14H24N4O2. The molecule has 0 fully saturated rings. The van der Waals surface area contributed by atoms with Crippen LogP contribution in [0.1, 0.15) is 43.1 Å². The fraction of sp³-hybridized carbons (Fsp3) is 0.643. The van der Waals surface area contributed by atoms with Gasteiger partial charge in [-0.1, -0.05) is 6.92 Å². The number of anilines is 1. The molecule has 1 heterocycles. The zero-order valence-electron chi connectivity index (χ0n) is 12.3. The van der Waals surface area contributed by atoms with Crippen molar-refractivity contribution in [2.45, 2.75) is 32.6 Å². The highest BCUT2D eigenvalue weighted by molar-refractivity contribution is 5.91. The smallest absolute Gasteiger partial charge is 0.271 e. The monoisotopic (exact) mass is 280 g/mol. The lowest BCUT2D eigenvalue weighted by Crippen LogP contribution is -2.25. The normalized spacial score (nSPS) is 10.3. The van der Waals surface area contributed by atoms with E-state index in [-0.39, 0.29) is 5.91 Å². The van der Waals surface area contributed by atoms with Gasteiger partial charge in [-0.3, -0.25) is 4.79 Å². The molecule has 0 bridgehead atoms. The predicted molar refractivity (Wildman–Crippen MR) is 78.9 cm³/mol. The van der Waals surface area contributed by atoms with Gasteiger partial charge in [0, 0.05) is 26.8 Å². The second kappa shape index (κ2) is 10.1. The molecule has 0 saturated carbocycles. The summed E-state index contributed by atoms with van der Waals surface area (Å²) in [4.78, 5) is 20.1. The Bertz CT molecular complexity index is 381. The summed E-state index contributed by atoms with van der Waals surface area (Å²) in [7, 11) is 1.69. The van der Waals surface area contributed by atoms with E-state index in [1.807, 2.05) is 0 Å². The van der Waals surface area contributed by atoms with Crippen molar-refractivity contribution in [2.75, 3.05) is 32.1 Å². The van der Waals surface area contributed by atoms with Crippen LogP contribution in [0.15, 0.2) is 12.4 Å². The molecule has 1 aromatic rings. The van der Waals surface area contributed by atoms with Gasteiger partial charge in [0.15, 0.2) is 0 Å². The van der Waals surface area contributed by atoms with Crippen LogP contribution in [0.4, 0.5) is 5.82 Å². The van der Waals surface area contributed by atoms with Gasteiger partial charge in [-0.15, -0.1) is 0 Å². The Morgan fingerprint density at radius 3 is 2.70 bits per heavy atom. The predicted octanol–water partition coefficient (Wildman–Crippen LogP) is 1.85. The molecule has 0 atom stereocenters. The number of ether oxygens (including phenoxy) is 1. The van der Waals surface area contributed by atoms with Crippen molar-refractivity contribution >= 4 is 11.7 Å². The van der Waals surface area contributed by atoms with E-state index in [9.17, 15) is 4.79 Å². The number of amides is 1. The third kappa shape index (κ3) is 6.47. The molecular weight excluding hydrogens is 256 g/mol.